The molecule has 1 fully saturated rings. The third-order valence-electron chi connectivity index (χ3n) is 3.39. The molecule has 0 spiro atoms. The summed E-state index contributed by atoms with van der Waals surface area (Å²) >= 11 is 1.97. The number of benzene rings is 1. The van der Waals surface area contributed by atoms with Crippen molar-refractivity contribution in [2.24, 2.45) is 0 Å². The van der Waals surface area contributed by atoms with E-state index in [2.05, 4.69) is 4.98 Å². The number of aromatic nitrogens is 2. The van der Waals surface area contributed by atoms with E-state index in [1.165, 1.54) is 18.6 Å². The van der Waals surface area contributed by atoms with Crippen molar-refractivity contribution in [3.8, 4) is 5.75 Å². The molecule has 1 saturated heterocycles. The van der Waals surface area contributed by atoms with Crippen LogP contribution in [0.3, 0.4) is 0 Å². The maximum Gasteiger partial charge on any atom is 0.326 e. The lowest BCUT2D eigenvalue weighted by Crippen LogP contribution is -2.21. The highest BCUT2D eigenvalue weighted by atomic mass is 32.2. The molecule has 2 aromatic rings. The van der Waals surface area contributed by atoms with Gasteiger partial charge in [-0.1, -0.05) is 0 Å². The number of hydrogen-bond acceptors (Lipinski definition) is 3. The molecule has 18 heavy (non-hydrogen) atoms. The van der Waals surface area contributed by atoms with Crippen LogP contribution in [0, 0.1) is 0 Å². The van der Waals surface area contributed by atoms with Crippen LogP contribution in [0.4, 0.5) is 0 Å². The van der Waals surface area contributed by atoms with Crippen molar-refractivity contribution in [1.29, 1.82) is 0 Å². The Balaban J connectivity index is 2.00. The normalized spacial score (nSPS) is 19.5. The average Bonchev–Trinajstić information content (AvgIpc) is 2.98. The largest absolute Gasteiger partial charge is 0.497 e. The number of imidazole rings is 1. The Labute approximate surface area is 109 Å². The van der Waals surface area contributed by atoms with Crippen LogP contribution in [0.15, 0.2) is 23.0 Å². The molecule has 3 rings (SSSR count). The molecular formula is C13H16N2O2S. The van der Waals surface area contributed by atoms with Crippen molar-refractivity contribution in [3.05, 3.63) is 28.7 Å². The van der Waals surface area contributed by atoms with E-state index in [1.54, 1.807) is 7.11 Å². The summed E-state index contributed by atoms with van der Waals surface area (Å²) in [7, 11) is 1.63. The van der Waals surface area contributed by atoms with Crippen molar-refractivity contribution in [1.82, 2.24) is 9.55 Å². The monoisotopic (exact) mass is 264 g/mol. The second kappa shape index (κ2) is 4.72. The highest BCUT2D eigenvalue weighted by Crippen LogP contribution is 2.28. The molecule has 0 amide bonds. The summed E-state index contributed by atoms with van der Waals surface area (Å²) in [4.78, 5) is 14.9. The van der Waals surface area contributed by atoms with Gasteiger partial charge in [-0.25, -0.2) is 4.79 Å². The molecule has 0 radical (unpaired) electrons. The summed E-state index contributed by atoms with van der Waals surface area (Å²) in [5.74, 6) is 1.99. The maximum atomic E-state index is 12.0. The SMILES string of the molecule is COc1ccc2c(c1)[nH]c(=O)n2CC1CCCS1. The lowest BCUT2D eigenvalue weighted by Gasteiger charge is -2.09. The molecule has 5 heteroatoms. The number of H-pyrrole nitrogens is 1. The van der Waals surface area contributed by atoms with Crippen LogP contribution in [0.1, 0.15) is 12.8 Å². The van der Waals surface area contributed by atoms with E-state index < -0.39 is 0 Å². The average molecular weight is 264 g/mol. The molecular weight excluding hydrogens is 248 g/mol. The van der Waals surface area contributed by atoms with Gasteiger partial charge in [-0.15, -0.1) is 0 Å². The minimum absolute atomic E-state index is 0.0225. The molecule has 1 N–H and O–H groups in total. The Bertz CT molecular complexity index is 611. The Morgan fingerprint density at radius 2 is 2.44 bits per heavy atom. The van der Waals surface area contributed by atoms with Crippen LogP contribution in [0.2, 0.25) is 0 Å². The van der Waals surface area contributed by atoms with E-state index in [0.29, 0.717) is 5.25 Å². The number of rotatable bonds is 3. The highest BCUT2D eigenvalue weighted by Gasteiger charge is 2.18. The van der Waals surface area contributed by atoms with Gasteiger partial charge in [0.2, 0.25) is 0 Å². The summed E-state index contributed by atoms with van der Waals surface area (Å²) in [5, 5.41) is 0.573. The van der Waals surface area contributed by atoms with Gasteiger partial charge in [0.25, 0.3) is 0 Å². The molecule has 0 aliphatic carbocycles. The van der Waals surface area contributed by atoms with Gasteiger partial charge in [-0.05, 0) is 30.7 Å². The number of ether oxygens (including phenoxy) is 1. The van der Waals surface area contributed by atoms with Gasteiger partial charge in [0, 0.05) is 17.9 Å². The van der Waals surface area contributed by atoms with Crippen LogP contribution in [-0.2, 0) is 6.54 Å². The number of fused-ring (bicyclic) bond motifs is 1. The number of nitrogens with one attached hydrogen (secondary N) is 1. The Morgan fingerprint density at radius 3 is 3.17 bits per heavy atom. The topological polar surface area (TPSA) is 47.0 Å². The first-order chi connectivity index (χ1) is 8.78. The Kier molecular flexibility index (Phi) is 3.07. The lowest BCUT2D eigenvalue weighted by atomic mass is 10.2. The molecule has 2 heterocycles. The predicted octanol–water partition coefficient (Wildman–Crippen LogP) is 2.23. The molecule has 0 bridgehead atoms. The summed E-state index contributed by atoms with van der Waals surface area (Å²) in [6.45, 7) is 0.801. The maximum absolute atomic E-state index is 12.0. The van der Waals surface area contributed by atoms with Crippen LogP contribution < -0.4 is 10.4 Å². The van der Waals surface area contributed by atoms with Crippen LogP contribution in [0.25, 0.3) is 11.0 Å². The van der Waals surface area contributed by atoms with Gasteiger partial charge < -0.3 is 9.72 Å². The lowest BCUT2D eigenvalue weighted by molar-refractivity contribution is 0.415. The molecule has 1 aliphatic rings. The predicted molar refractivity (Wildman–Crippen MR) is 74.6 cm³/mol. The fourth-order valence-corrected chi connectivity index (χ4v) is 3.70. The zero-order valence-corrected chi connectivity index (χ0v) is 11.1. The molecule has 1 aromatic heterocycles. The number of thioether (sulfide) groups is 1. The zero-order chi connectivity index (χ0) is 12.5. The van der Waals surface area contributed by atoms with E-state index in [1.807, 2.05) is 34.5 Å². The fourth-order valence-electron chi connectivity index (χ4n) is 2.44. The van der Waals surface area contributed by atoms with Crippen molar-refractivity contribution in [2.45, 2.75) is 24.6 Å². The van der Waals surface area contributed by atoms with Crippen molar-refractivity contribution >= 4 is 22.8 Å². The smallest absolute Gasteiger partial charge is 0.326 e. The Morgan fingerprint density at radius 1 is 1.56 bits per heavy atom. The van der Waals surface area contributed by atoms with E-state index in [9.17, 15) is 4.79 Å². The second-order valence-electron chi connectivity index (χ2n) is 4.56. The van der Waals surface area contributed by atoms with E-state index in [0.717, 1.165) is 23.3 Å². The van der Waals surface area contributed by atoms with E-state index >= 15 is 0 Å². The fraction of sp³-hybridized carbons (Fsp3) is 0.462. The molecule has 1 atom stereocenters. The molecule has 1 unspecified atom stereocenters. The van der Waals surface area contributed by atoms with Gasteiger partial charge in [0.15, 0.2) is 0 Å². The van der Waals surface area contributed by atoms with E-state index in [-0.39, 0.29) is 5.69 Å². The van der Waals surface area contributed by atoms with Crippen molar-refractivity contribution in [3.63, 3.8) is 0 Å². The number of nitrogens with zero attached hydrogens (tertiary/aromatic N) is 1. The number of aromatic amines is 1. The van der Waals surface area contributed by atoms with Crippen LogP contribution >= 0.6 is 11.8 Å². The molecule has 96 valence electrons. The van der Waals surface area contributed by atoms with Gasteiger partial charge in [-0.2, -0.15) is 11.8 Å². The van der Waals surface area contributed by atoms with Gasteiger partial charge in [0.1, 0.15) is 5.75 Å². The molecule has 1 aromatic carbocycles. The Hall–Kier alpha value is -1.36. The van der Waals surface area contributed by atoms with Crippen LogP contribution in [0.5, 0.6) is 5.75 Å². The van der Waals surface area contributed by atoms with Gasteiger partial charge in [0.05, 0.1) is 18.1 Å². The third-order valence-corrected chi connectivity index (χ3v) is 4.77. The summed E-state index contributed by atoms with van der Waals surface area (Å²) in [6.07, 6.45) is 2.47. The quantitative estimate of drug-likeness (QED) is 0.924. The minimum atomic E-state index is -0.0225. The summed E-state index contributed by atoms with van der Waals surface area (Å²) in [6, 6.07) is 5.72. The summed E-state index contributed by atoms with van der Waals surface area (Å²) < 4.78 is 7.01. The zero-order valence-electron chi connectivity index (χ0n) is 10.3. The first kappa shape index (κ1) is 11.7. The highest BCUT2D eigenvalue weighted by molar-refractivity contribution is 8.00. The summed E-state index contributed by atoms with van der Waals surface area (Å²) in [5.41, 5.74) is 1.79. The third kappa shape index (κ3) is 2.03. The molecule has 1 aliphatic heterocycles. The van der Waals surface area contributed by atoms with E-state index in [4.69, 9.17) is 4.74 Å². The molecule has 4 nitrogen and oxygen atoms in total. The van der Waals surface area contributed by atoms with Crippen molar-refractivity contribution in [2.75, 3.05) is 12.9 Å². The second-order valence-corrected chi connectivity index (χ2v) is 5.97. The first-order valence-corrected chi connectivity index (χ1v) is 7.21. The van der Waals surface area contributed by atoms with Crippen LogP contribution in [-0.4, -0.2) is 27.7 Å². The standard InChI is InChI=1S/C13H16N2O2S/c1-17-9-4-5-12-11(7-9)14-13(16)15(12)8-10-3-2-6-18-10/h4-5,7,10H,2-3,6,8H2,1H3,(H,14,16). The van der Waals surface area contributed by atoms with Gasteiger partial charge in [-0.3, -0.25) is 4.57 Å². The first-order valence-electron chi connectivity index (χ1n) is 6.16. The number of methoxy groups -OCH3 is 1. The number of hydrogen-bond donors (Lipinski definition) is 1. The van der Waals surface area contributed by atoms with Gasteiger partial charge >= 0.3 is 5.69 Å². The van der Waals surface area contributed by atoms with Crippen molar-refractivity contribution < 1.29 is 4.74 Å². The molecule has 0 saturated carbocycles. The minimum Gasteiger partial charge on any atom is -0.497 e.